The zero-order valence-corrected chi connectivity index (χ0v) is 12.3. The molecule has 1 aromatic heterocycles. The minimum atomic E-state index is -0.138. The van der Waals surface area contributed by atoms with Crippen molar-refractivity contribution in [1.29, 1.82) is 5.26 Å². The van der Waals surface area contributed by atoms with Crippen LogP contribution in [0.15, 0.2) is 34.9 Å². The summed E-state index contributed by atoms with van der Waals surface area (Å²) in [4.78, 5) is 16.2. The highest BCUT2D eigenvalue weighted by molar-refractivity contribution is 6.30. The fourth-order valence-electron chi connectivity index (χ4n) is 2.33. The number of carbonyl (C=O) groups excluding carboxylic acids is 1. The lowest BCUT2D eigenvalue weighted by Crippen LogP contribution is -2.44. The highest BCUT2D eigenvalue weighted by Gasteiger charge is 2.34. The molecule has 3 rings (SSSR count). The summed E-state index contributed by atoms with van der Waals surface area (Å²) < 4.78 is 5.27. The summed E-state index contributed by atoms with van der Waals surface area (Å²) in [5.41, 5.74) is 1.49. The third-order valence-electron chi connectivity index (χ3n) is 3.65. The third-order valence-corrected chi connectivity index (χ3v) is 3.90. The maximum absolute atomic E-state index is 12.0. The molecule has 1 saturated carbocycles. The second-order valence-corrected chi connectivity index (χ2v) is 5.59. The maximum atomic E-state index is 12.0. The molecule has 0 radical (unpaired) electrons. The van der Waals surface area contributed by atoms with E-state index in [1.165, 1.54) is 6.26 Å². The topological polar surface area (TPSA) is 91.0 Å². The van der Waals surface area contributed by atoms with Crippen molar-refractivity contribution >= 4 is 23.5 Å². The molecule has 1 aliphatic rings. The Hall–Kier alpha value is -2.52. The van der Waals surface area contributed by atoms with E-state index in [0.717, 1.165) is 5.56 Å². The zero-order valence-electron chi connectivity index (χ0n) is 11.5. The number of nitrogens with one attached hydrogen (secondary N) is 2. The standard InChI is InChI=1S/C15H13ClN4O2/c16-11-3-1-9(2-4-11)13-7-22-15(19-13)20-14(21)10-5-12(6-10)18-8-17/h1-4,7,10,12,18H,5-6H2,(H,19,20,21)/t10-,12-. The molecule has 1 aromatic carbocycles. The molecule has 0 unspecified atom stereocenters. The van der Waals surface area contributed by atoms with Crippen molar-refractivity contribution in [3.8, 4) is 17.5 Å². The molecule has 2 N–H and O–H groups in total. The number of hydrogen-bond donors (Lipinski definition) is 2. The van der Waals surface area contributed by atoms with E-state index in [1.807, 2.05) is 18.3 Å². The van der Waals surface area contributed by atoms with Gasteiger partial charge < -0.3 is 9.73 Å². The first kappa shape index (κ1) is 14.4. The molecule has 0 aliphatic heterocycles. The molecule has 1 amide bonds. The van der Waals surface area contributed by atoms with E-state index in [-0.39, 0.29) is 23.9 Å². The van der Waals surface area contributed by atoms with Crippen molar-refractivity contribution in [2.45, 2.75) is 18.9 Å². The van der Waals surface area contributed by atoms with E-state index >= 15 is 0 Å². The van der Waals surface area contributed by atoms with Gasteiger partial charge in [0.25, 0.3) is 0 Å². The monoisotopic (exact) mass is 316 g/mol. The number of hydrogen-bond acceptors (Lipinski definition) is 5. The molecule has 1 aliphatic carbocycles. The average Bonchev–Trinajstić information content (AvgIpc) is 2.91. The summed E-state index contributed by atoms with van der Waals surface area (Å²) in [6, 6.07) is 7.45. The van der Waals surface area contributed by atoms with Gasteiger partial charge in [0.05, 0.1) is 0 Å². The lowest BCUT2D eigenvalue weighted by Gasteiger charge is -2.32. The molecular weight excluding hydrogens is 304 g/mol. The largest absolute Gasteiger partial charge is 0.431 e. The highest BCUT2D eigenvalue weighted by atomic mass is 35.5. The van der Waals surface area contributed by atoms with E-state index in [4.69, 9.17) is 21.3 Å². The minimum Gasteiger partial charge on any atom is -0.431 e. The number of benzene rings is 1. The molecule has 0 bridgehead atoms. The Morgan fingerprint density at radius 3 is 2.77 bits per heavy atom. The Bertz CT molecular complexity index is 714. The quantitative estimate of drug-likeness (QED) is 0.668. The number of rotatable bonds is 4. The van der Waals surface area contributed by atoms with Gasteiger partial charge in [-0.3, -0.25) is 10.1 Å². The van der Waals surface area contributed by atoms with Crippen molar-refractivity contribution in [1.82, 2.24) is 10.3 Å². The molecule has 0 atom stereocenters. The molecular formula is C15H13ClN4O2. The first-order valence-corrected chi connectivity index (χ1v) is 7.20. The van der Waals surface area contributed by atoms with Crippen molar-refractivity contribution in [2.75, 3.05) is 5.32 Å². The van der Waals surface area contributed by atoms with Gasteiger partial charge in [-0.2, -0.15) is 10.2 Å². The number of amides is 1. The van der Waals surface area contributed by atoms with E-state index < -0.39 is 0 Å². The average molecular weight is 317 g/mol. The molecule has 0 spiro atoms. The lowest BCUT2D eigenvalue weighted by molar-refractivity contribution is -0.122. The molecule has 1 fully saturated rings. The normalized spacial score (nSPS) is 19.8. The minimum absolute atomic E-state index is 0.0925. The number of halogens is 1. The first-order valence-electron chi connectivity index (χ1n) is 6.82. The number of nitrogens with zero attached hydrogens (tertiary/aromatic N) is 2. The summed E-state index contributed by atoms with van der Waals surface area (Å²) in [7, 11) is 0. The van der Waals surface area contributed by atoms with Crippen molar-refractivity contribution in [2.24, 2.45) is 5.92 Å². The van der Waals surface area contributed by atoms with Crippen LogP contribution in [0.25, 0.3) is 11.3 Å². The van der Waals surface area contributed by atoms with E-state index in [9.17, 15) is 4.79 Å². The summed E-state index contributed by atoms with van der Waals surface area (Å²) in [6.45, 7) is 0. The first-order chi connectivity index (χ1) is 10.7. The van der Waals surface area contributed by atoms with Crippen molar-refractivity contribution < 1.29 is 9.21 Å². The van der Waals surface area contributed by atoms with E-state index in [2.05, 4.69) is 15.6 Å². The van der Waals surface area contributed by atoms with Gasteiger partial charge in [-0.05, 0) is 25.0 Å². The summed E-state index contributed by atoms with van der Waals surface area (Å²) in [5, 5.41) is 14.4. The fourth-order valence-corrected chi connectivity index (χ4v) is 2.46. The number of oxazole rings is 1. The van der Waals surface area contributed by atoms with E-state index in [0.29, 0.717) is 23.6 Å². The second kappa shape index (κ2) is 6.08. The van der Waals surface area contributed by atoms with Crippen LogP contribution in [-0.2, 0) is 4.79 Å². The van der Waals surface area contributed by atoms with Crippen LogP contribution < -0.4 is 10.6 Å². The lowest BCUT2D eigenvalue weighted by atomic mass is 9.80. The van der Waals surface area contributed by atoms with Gasteiger partial charge >= 0.3 is 6.01 Å². The van der Waals surface area contributed by atoms with Gasteiger partial charge in [0, 0.05) is 22.5 Å². The van der Waals surface area contributed by atoms with Gasteiger partial charge in [0.1, 0.15) is 12.0 Å². The summed E-state index contributed by atoms with van der Waals surface area (Å²) in [6.07, 6.45) is 4.65. The van der Waals surface area contributed by atoms with Crippen LogP contribution in [0.4, 0.5) is 6.01 Å². The van der Waals surface area contributed by atoms with Crippen molar-refractivity contribution in [3.63, 3.8) is 0 Å². The Kier molecular flexibility index (Phi) is 3.98. The summed E-state index contributed by atoms with van der Waals surface area (Å²) in [5.74, 6) is -0.253. The predicted molar refractivity (Wildman–Crippen MR) is 80.8 cm³/mol. The molecule has 2 aromatic rings. The highest BCUT2D eigenvalue weighted by Crippen LogP contribution is 2.29. The van der Waals surface area contributed by atoms with Gasteiger partial charge in [-0.1, -0.05) is 23.7 Å². The molecule has 0 saturated heterocycles. The van der Waals surface area contributed by atoms with E-state index in [1.54, 1.807) is 12.1 Å². The Balaban J connectivity index is 1.59. The summed E-state index contributed by atoms with van der Waals surface area (Å²) >= 11 is 5.84. The van der Waals surface area contributed by atoms with Crippen LogP contribution >= 0.6 is 11.6 Å². The van der Waals surface area contributed by atoms with Gasteiger partial charge in [-0.25, -0.2) is 0 Å². The third kappa shape index (κ3) is 3.05. The molecule has 7 heteroatoms. The number of nitriles is 1. The molecule has 112 valence electrons. The van der Waals surface area contributed by atoms with Crippen LogP contribution in [0.3, 0.4) is 0 Å². The van der Waals surface area contributed by atoms with Crippen LogP contribution in [-0.4, -0.2) is 16.9 Å². The smallest absolute Gasteiger partial charge is 0.301 e. The maximum Gasteiger partial charge on any atom is 0.301 e. The van der Waals surface area contributed by atoms with Crippen molar-refractivity contribution in [3.05, 3.63) is 35.6 Å². The zero-order chi connectivity index (χ0) is 15.5. The van der Waals surface area contributed by atoms with Crippen LogP contribution in [0.2, 0.25) is 5.02 Å². The number of carbonyl (C=O) groups is 1. The van der Waals surface area contributed by atoms with Crippen LogP contribution in [0.1, 0.15) is 12.8 Å². The Morgan fingerprint density at radius 2 is 2.09 bits per heavy atom. The van der Waals surface area contributed by atoms with Gasteiger partial charge in [-0.15, -0.1) is 0 Å². The molecule has 1 heterocycles. The van der Waals surface area contributed by atoms with Crippen LogP contribution in [0.5, 0.6) is 0 Å². The number of aromatic nitrogens is 1. The SMILES string of the molecule is N#CN[C@H]1C[C@H](C(=O)Nc2nc(-c3ccc(Cl)cc3)co2)C1. The fraction of sp³-hybridized carbons (Fsp3) is 0.267. The Labute approximate surface area is 132 Å². The molecule has 22 heavy (non-hydrogen) atoms. The molecule has 6 nitrogen and oxygen atoms in total. The van der Waals surface area contributed by atoms with Gasteiger partial charge in [0.2, 0.25) is 5.91 Å². The predicted octanol–water partition coefficient (Wildman–Crippen LogP) is 2.78. The second-order valence-electron chi connectivity index (χ2n) is 5.16. The van der Waals surface area contributed by atoms with Crippen LogP contribution in [0, 0.1) is 17.4 Å². The van der Waals surface area contributed by atoms with Gasteiger partial charge in [0.15, 0.2) is 6.19 Å². The number of anilines is 1. The Morgan fingerprint density at radius 1 is 1.36 bits per heavy atom.